The van der Waals surface area contributed by atoms with Crippen LogP contribution >= 0.6 is 0 Å². The smallest absolute Gasteiger partial charge is 0.410 e. The number of pyridine rings is 1. The number of thiol groups is 1. The van der Waals surface area contributed by atoms with Crippen LogP contribution in [0.4, 0.5) is 32.3 Å². The van der Waals surface area contributed by atoms with Crippen molar-refractivity contribution in [2.45, 2.75) is 58.0 Å². The Hall–Kier alpha value is -4.26. The average molecular weight is 663 g/mol. The molecule has 5 heterocycles. The molecule has 4 aromatic rings. The molecule has 0 radical (unpaired) electrons. The molecule has 1 spiro atoms. The van der Waals surface area contributed by atoms with Crippen molar-refractivity contribution in [2.75, 3.05) is 53.6 Å². The molecule has 11 nitrogen and oxygen atoms in total. The minimum Gasteiger partial charge on any atom is -0.444 e. The van der Waals surface area contributed by atoms with E-state index in [1.807, 2.05) is 49.9 Å². The lowest BCUT2D eigenvalue weighted by Gasteiger charge is -2.54. The van der Waals surface area contributed by atoms with Crippen molar-refractivity contribution in [2.24, 2.45) is 5.41 Å². The number of halogens is 1. The number of ether oxygens (including phenoxy) is 1. The molecule has 3 aliphatic rings. The lowest BCUT2D eigenvalue weighted by Crippen LogP contribution is -2.62. The topological polar surface area (TPSA) is 118 Å². The second-order valence-electron chi connectivity index (χ2n) is 14.6. The Kier molecular flexibility index (Phi) is 7.64. The monoisotopic (exact) mass is 662 g/mol. The van der Waals surface area contributed by atoms with E-state index >= 15 is 4.39 Å². The Labute approximate surface area is 275 Å². The average Bonchev–Trinajstić information content (AvgIpc) is 3.78. The fourth-order valence-electron chi connectivity index (χ4n) is 6.60. The zero-order valence-electron chi connectivity index (χ0n) is 27.6. The van der Waals surface area contributed by atoms with Crippen LogP contribution in [0.2, 0.25) is 0 Å². The van der Waals surface area contributed by atoms with E-state index in [1.54, 1.807) is 23.1 Å². The van der Waals surface area contributed by atoms with Crippen LogP contribution in [-0.4, -0.2) is 79.0 Å². The number of benzene rings is 1. The van der Waals surface area contributed by atoms with Gasteiger partial charge in [0.1, 0.15) is 17.2 Å². The summed E-state index contributed by atoms with van der Waals surface area (Å²) in [5.74, 6) is 1.10. The molecule has 1 saturated carbocycles. The van der Waals surface area contributed by atoms with E-state index in [0.717, 1.165) is 63.2 Å². The molecule has 3 fully saturated rings. The zero-order chi connectivity index (χ0) is 33.1. The number of hydrogen-bond donors (Lipinski definition) is 3. The van der Waals surface area contributed by atoms with Crippen molar-refractivity contribution >= 4 is 50.4 Å². The molecule has 250 valence electrons. The van der Waals surface area contributed by atoms with Gasteiger partial charge in [0.2, 0.25) is 5.95 Å². The van der Waals surface area contributed by atoms with E-state index in [1.165, 1.54) is 6.20 Å². The van der Waals surface area contributed by atoms with Gasteiger partial charge in [-0.05, 0) is 93.0 Å². The van der Waals surface area contributed by atoms with Gasteiger partial charge in [0.25, 0.3) is 0 Å². The number of carbonyl (C=O) groups is 1. The highest BCUT2D eigenvalue weighted by molar-refractivity contribution is 8.02. The number of anilines is 4. The second-order valence-corrected chi connectivity index (χ2v) is 17.5. The van der Waals surface area contributed by atoms with E-state index in [2.05, 4.69) is 37.0 Å². The number of amides is 1. The van der Waals surface area contributed by atoms with Crippen LogP contribution in [-0.2, 0) is 14.9 Å². The highest BCUT2D eigenvalue weighted by Crippen LogP contribution is 2.45. The van der Waals surface area contributed by atoms with Crippen LogP contribution in [0.1, 0.15) is 58.1 Å². The van der Waals surface area contributed by atoms with Gasteiger partial charge in [-0.1, -0.05) is 6.07 Å². The predicted octanol–water partition coefficient (Wildman–Crippen LogP) is 6.02. The van der Waals surface area contributed by atoms with Gasteiger partial charge in [0, 0.05) is 67.6 Å². The third-order valence-corrected chi connectivity index (χ3v) is 9.78. The molecule has 2 N–H and O–H groups in total. The molecule has 7 rings (SSSR count). The molecule has 2 saturated heterocycles. The first kappa shape index (κ1) is 31.3. The molecule has 1 amide bonds. The molecule has 0 bridgehead atoms. The molecule has 0 unspecified atom stereocenters. The number of piperidine rings is 1. The predicted molar refractivity (Wildman–Crippen MR) is 185 cm³/mol. The van der Waals surface area contributed by atoms with Crippen molar-refractivity contribution < 1.29 is 18.1 Å². The quantitative estimate of drug-likeness (QED) is 0.206. The minimum atomic E-state index is -2.59. The zero-order valence-corrected chi connectivity index (χ0v) is 28.5. The minimum absolute atomic E-state index is 0.0906. The van der Waals surface area contributed by atoms with E-state index in [4.69, 9.17) is 9.72 Å². The van der Waals surface area contributed by atoms with E-state index < -0.39 is 15.7 Å². The lowest BCUT2D eigenvalue weighted by molar-refractivity contribution is -0.0434. The molecular formula is C34H43FN8O3S. The van der Waals surface area contributed by atoms with Crippen LogP contribution in [0, 0.1) is 11.2 Å². The van der Waals surface area contributed by atoms with Gasteiger partial charge in [-0.2, -0.15) is 4.98 Å². The molecule has 0 atom stereocenters. The van der Waals surface area contributed by atoms with Crippen molar-refractivity contribution in [3.8, 4) is 5.82 Å². The molecular weight excluding hydrogens is 619 g/mol. The number of rotatable bonds is 7. The molecule has 2 aliphatic heterocycles. The first-order valence-electron chi connectivity index (χ1n) is 16.2. The Bertz CT molecular complexity index is 1860. The number of nitrogens with zero attached hydrogens (tertiary/aromatic N) is 6. The molecule has 13 heteroatoms. The summed E-state index contributed by atoms with van der Waals surface area (Å²) in [6.45, 7) is 9.07. The molecule has 1 aliphatic carbocycles. The fraction of sp³-hybridized carbons (Fsp3) is 0.471. The van der Waals surface area contributed by atoms with Crippen LogP contribution in [0.5, 0.6) is 0 Å². The van der Waals surface area contributed by atoms with Crippen LogP contribution < -0.4 is 14.9 Å². The summed E-state index contributed by atoms with van der Waals surface area (Å²) >= 11 is 0. The number of hydrogen-bond acceptors (Lipinski definition) is 8. The van der Waals surface area contributed by atoms with Gasteiger partial charge in [0.05, 0.1) is 11.1 Å². The van der Waals surface area contributed by atoms with Gasteiger partial charge >= 0.3 is 6.09 Å². The standard InChI is InChI=1S/C34H43FN8O3S/c1-33(2,3)46-32(44)42-20-34(21-42)15-17-41(18-16-34)24-13-11-23(12-14-24)37-31-36-19-25-28(35)29(22-9-10-22)43(30(25)39-31)27-8-6-7-26(38-27)40-47(4,5)45/h6-8,11-14,19,22,47H,9-10,15-18,20-21H2,1-5H3,(H,36,37,39)(H,38,40,45). The Morgan fingerprint density at radius 1 is 1.04 bits per heavy atom. The highest BCUT2D eigenvalue weighted by Gasteiger charge is 2.47. The van der Waals surface area contributed by atoms with Gasteiger partial charge in [-0.3, -0.25) is 8.78 Å². The number of likely N-dealkylation sites (tertiary alicyclic amines) is 1. The fourth-order valence-corrected chi connectivity index (χ4v) is 7.28. The van der Waals surface area contributed by atoms with Gasteiger partial charge in [0.15, 0.2) is 11.5 Å². The molecule has 47 heavy (non-hydrogen) atoms. The molecule has 1 aromatic carbocycles. The second kappa shape index (κ2) is 11.5. The van der Waals surface area contributed by atoms with Gasteiger partial charge < -0.3 is 24.6 Å². The Morgan fingerprint density at radius 2 is 1.74 bits per heavy atom. The third-order valence-electron chi connectivity index (χ3n) is 9.01. The van der Waals surface area contributed by atoms with Crippen molar-refractivity contribution in [1.29, 1.82) is 0 Å². The summed E-state index contributed by atoms with van der Waals surface area (Å²) in [7, 11) is -2.59. The summed E-state index contributed by atoms with van der Waals surface area (Å²) in [5.41, 5.74) is 2.65. The SMILES string of the molecule is CC(C)(C)OC(=O)N1CC2(CCN(c3ccc(Nc4ncc5c(F)c(C6CC6)n(-c6cccc(N[SH](C)(C)=O)n6)c5n4)cc3)CC2)C1. The largest absolute Gasteiger partial charge is 0.444 e. The van der Waals surface area contributed by atoms with Crippen molar-refractivity contribution in [3.05, 3.63) is 60.2 Å². The van der Waals surface area contributed by atoms with Crippen LogP contribution in [0.3, 0.4) is 0 Å². The first-order valence-corrected chi connectivity index (χ1v) is 18.8. The van der Waals surface area contributed by atoms with Crippen molar-refractivity contribution in [1.82, 2.24) is 24.4 Å². The third kappa shape index (κ3) is 6.63. The maximum Gasteiger partial charge on any atom is 0.410 e. The van der Waals surface area contributed by atoms with E-state index in [-0.39, 0.29) is 23.2 Å². The number of fused-ring (bicyclic) bond motifs is 1. The van der Waals surface area contributed by atoms with Crippen LogP contribution in [0.15, 0.2) is 48.7 Å². The normalized spacial score (nSPS) is 18.3. The van der Waals surface area contributed by atoms with E-state index in [9.17, 15) is 9.00 Å². The van der Waals surface area contributed by atoms with E-state index in [0.29, 0.717) is 34.3 Å². The number of nitrogens with one attached hydrogen (secondary N) is 2. The van der Waals surface area contributed by atoms with Gasteiger partial charge in [-0.25, -0.2) is 19.2 Å². The summed E-state index contributed by atoms with van der Waals surface area (Å²) in [5, 5.41) is 3.63. The summed E-state index contributed by atoms with van der Waals surface area (Å²) in [4.78, 5) is 30.5. The number of carbonyl (C=O) groups excluding carboxylic acids is 1. The Morgan fingerprint density at radius 3 is 2.38 bits per heavy atom. The summed E-state index contributed by atoms with van der Waals surface area (Å²) in [6, 6.07) is 13.6. The first-order chi connectivity index (χ1) is 22.3. The highest BCUT2D eigenvalue weighted by atomic mass is 32.3. The number of aromatic nitrogens is 4. The van der Waals surface area contributed by atoms with Gasteiger partial charge in [-0.15, -0.1) is 0 Å². The van der Waals surface area contributed by atoms with Crippen LogP contribution in [0.25, 0.3) is 16.9 Å². The lowest BCUT2D eigenvalue weighted by atomic mass is 9.72. The maximum absolute atomic E-state index is 15.8. The Balaban J connectivity index is 1.05. The van der Waals surface area contributed by atoms with Crippen molar-refractivity contribution in [3.63, 3.8) is 0 Å². The summed E-state index contributed by atoms with van der Waals surface area (Å²) < 4.78 is 38.5. The molecule has 3 aromatic heterocycles. The summed E-state index contributed by atoms with van der Waals surface area (Å²) in [6.07, 6.45) is 8.45. The maximum atomic E-state index is 15.8.